The van der Waals surface area contributed by atoms with Crippen LogP contribution in [0, 0.1) is 29.8 Å². The Labute approximate surface area is 224 Å². The number of aryl methyl sites for hydroxylation is 1. The van der Waals surface area contributed by atoms with Crippen LogP contribution in [-0.4, -0.2) is 59.4 Å². The van der Waals surface area contributed by atoms with E-state index < -0.39 is 34.9 Å². The van der Waals surface area contributed by atoms with Crippen LogP contribution in [-0.2, 0) is 4.79 Å². The zero-order valence-electron chi connectivity index (χ0n) is 21.9. The van der Waals surface area contributed by atoms with Crippen molar-refractivity contribution in [3.8, 4) is 5.75 Å². The van der Waals surface area contributed by atoms with E-state index in [4.69, 9.17) is 4.74 Å². The number of aromatic nitrogens is 1. The number of carbonyl (C=O) groups excluding carboxylic acids is 1. The van der Waals surface area contributed by atoms with Gasteiger partial charge in [-0.05, 0) is 75.0 Å². The number of nitrogens with zero attached hydrogens (tertiary/aromatic N) is 2. The van der Waals surface area contributed by atoms with Crippen molar-refractivity contribution in [2.45, 2.75) is 38.7 Å². The van der Waals surface area contributed by atoms with Gasteiger partial charge in [0.25, 0.3) is 0 Å². The molecule has 1 amide bonds. The minimum absolute atomic E-state index is 0.246. The highest BCUT2D eigenvalue weighted by molar-refractivity contribution is 5.85. The number of hydroxylamine groups is 1. The number of likely N-dealkylation sites (tertiary alicyclic amines) is 1. The van der Waals surface area contributed by atoms with E-state index in [0.29, 0.717) is 50.7 Å². The highest BCUT2D eigenvalue weighted by atomic mass is 19.2. The Balaban J connectivity index is 1.40. The number of amides is 1. The molecule has 39 heavy (non-hydrogen) atoms. The Kier molecular flexibility index (Phi) is 8.94. The largest absolute Gasteiger partial charge is 0.497 e. The molecule has 0 aliphatic carbocycles. The van der Waals surface area contributed by atoms with Crippen LogP contribution in [0.5, 0.6) is 5.75 Å². The number of aliphatic hydroxyl groups is 1. The van der Waals surface area contributed by atoms with Gasteiger partial charge in [0.2, 0.25) is 5.91 Å². The lowest BCUT2D eigenvalue weighted by Gasteiger charge is -2.40. The molecule has 11 heteroatoms. The average molecular weight is 547 g/mol. The maximum atomic E-state index is 13.9. The van der Waals surface area contributed by atoms with E-state index >= 15 is 0 Å². The van der Waals surface area contributed by atoms with Crippen molar-refractivity contribution >= 4 is 22.5 Å². The molecule has 2 heterocycles. The van der Waals surface area contributed by atoms with Gasteiger partial charge in [-0.25, -0.2) is 18.7 Å². The summed E-state index contributed by atoms with van der Waals surface area (Å²) in [5, 5.41) is 24.2. The number of piperidine rings is 1. The number of hydrogen-bond donors (Lipinski definition) is 4. The van der Waals surface area contributed by atoms with Gasteiger partial charge >= 0.3 is 0 Å². The van der Waals surface area contributed by atoms with Crippen LogP contribution in [0.2, 0.25) is 0 Å². The topological polar surface area (TPSA) is 107 Å². The second-order valence-electron chi connectivity index (χ2n) is 10.0. The van der Waals surface area contributed by atoms with Gasteiger partial charge in [0.15, 0.2) is 11.6 Å². The van der Waals surface area contributed by atoms with E-state index in [1.165, 1.54) is 0 Å². The number of fused-ring (bicyclic) bond motifs is 1. The third kappa shape index (κ3) is 6.26. The maximum absolute atomic E-state index is 13.9. The van der Waals surface area contributed by atoms with E-state index in [-0.39, 0.29) is 18.7 Å². The summed E-state index contributed by atoms with van der Waals surface area (Å²) in [6, 6.07) is 6.86. The average Bonchev–Trinajstić information content (AvgIpc) is 2.94. The standard InChI is InChI=1S/C28H33F3N4O4/c1-17-16-33-22-4-3-19(39-2)15-20(22)25(17)24(36)5-6-28(27(37)34-38)7-10-35(11-8-28)12-9-32-23-14-18(29)13-21(30)26(23)31/h3-4,13-16,24,32,36,38H,5-12H2,1-2H3,(H,34,37). The van der Waals surface area contributed by atoms with Crippen LogP contribution in [0.1, 0.15) is 42.9 Å². The fourth-order valence-electron chi connectivity index (χ4n) is 5.37. The van der Waals surface area contributed by atoms with Crippen molar-refractivity contribution in [2.75, 3.05) is 38.6 Å². The van der Waals surface area contributed by atoms with Gasteiger partial charge in [0.05, 0.1) is 29.8 Å². The molecular formula is C28H33F3N4O4. The first-order valence-electron chi connectivity index (χ1n) is 12.8. The quantitative estimate of drug-likeness (QED) is 0.169. The molecule has 3 aromatic rings. The molecule has 1 saturated heterocycles. The number of anilines is 1. The van der Waals surface area contributed by atoms with Crippen molar-refractivity contribution in [1.82, 2.24) is 15.4 Å². The van der Waals surface area contributed by atoms with Gasteiger partial charge < -0.3 is 20.1 Å². The molecule has 2 aromatic carbocycles. The first-order chi connectivity index (χ1) is 18.7. The normalized spacial score (nSPS) is 16.2. The smallest absolute Gasteiger partial charge is 0.249 e. The highest BCUT2D eigenvalue weighted by Crippen LogP contribution is 2.40. The molecule has 1 aliphatic rings. The fourth-order valence-corrected chi connectivity index (χ4v) is 5.37. The summed E-state index contributed by atoms with van der Waals surface area (Å²) in [4.78, 5) is 19.3. The first-order valence-corrected chi connectivity index (χ1v) is 12.8. The third-order valence-corrected chi connectivity index (χ3v) is 7.68. The molecule has 1 aliphatic heterocycles. The lowest BCUT2D eigenvalue weighted by molar-refractivity contribution is -0.143. The number of pyridine rings is 1. The van der Waals surface area contributed by atoms with E-state index in [9.17, 15) is 28.3 Å². The number of carbonyl (C=O) groups is 1. The molecule has 1 aromatic heterocycles. The molecule has 0 spiro atoms. The monoisotopic (exact) mass is 546 g/mol. The van der Waals surface area contributed by atoms with Gasteiger partial charge in [-0.3, -0.25) is 15.0 Å². The van der Waals surface area contributed by atoms with Crippen LogP contribution in [0.3, 0.4) is 0 Å². The number of ether oxygens (including phenoxy) is 1. The number of benzene rings is 2. The third-order valence-electron chi connectivity index (χ3n) is 7.68. The lowest BCUT2D eigenvalue weighted by atomic mass is 9.73. The zero-order chi connectivity index (χ0) is 28.2. The first kappa shape index (κ1) is 28.6. The number of nitrogens with one attached hydrogen (secondary N) is 2. The number of hydrogen-bond acceptors (Lipinski definition) is 7. The van der Waals surface area contributed by atoms with Crippen molar-refractivity contribution in [1.29, 1.82) is 0 Å². The Morgan fingerprint density at radius 3 is 2.64 bits per heavy atom. The summed E-state index contributed by atoms with van der Waals surface area (Å²) in [7, 11) is 1.57. The molecule has 0 radical (unpaired) electrons. The van der Waals surface area contributed by atoms with Gasteiger partial charge in [-0.1, -0.05) is 0 Å². The molecule has 210 valence electrons. The van der Waals surface area contributed by atoms with E-state index in [1.54, 1.807) is 24.9 Å². The number of methoxy groups -OCH3 is 1. The van der Waals surface area contributed by atoms with Crippen LogP contribution < -0.4 is 15.5 Å². The van der Waals surface area contributed by atoms with E-state index in [0.717, 1.165) is 28.1 Å². The predicted octanol–water partition coefficient (Wildman–Crippen LogP) is 4.48. The number of halogens is 3. The van der Waals surface area contributed by atoms with Crippen molar-refractivity contribution in [3.63, 3.8) is 0 Å². The molecule has 1 unspecified atom stereocenters. The Morgan fingerprint density at radius 2 is 1.95 bits per heavy atom. The van der Waals surface area contributed by atoms with Crippen molar-refractivity contribution in [3.05, 3.63) is 65.1 Å². The number of aliphatic hydroxyl groups excluding tert-OH is 1. The van der Waals surface area contributed by atoms with Gasteiger partial charge in [-0.2, -0.15) is 0 Å². The zero-order valence-corrected chi connectivity index (χ0v) is 21.9. The predicted molar refractivity (Wildman–Crippen MR) is 140 cm³/mol. The van der Waals surface area contributed by atoms with E-state index in [2.05, 4.69) is 10.3 Å². The summed E-state index contributed by atoms with van der Waals surface area (Å²) in [5.74, 6) is -3.12. The molecule has 4 N–H and O–H groups in total. The lowest BCUT2D eigenvalue weighted by Crippen LogP contribution is -2.49. The van der Waals surface area contributed by atoms with Crippen LogP contribution in [0.4, 0.5) is 18.9 Å². The summed E-state index contributed by atoms with van der Waals surface area (Å²) < 4.78 is 46.1. The summed E-state index contributed by atoms with van der Waals surface area (Å²) in [6.07, 6.45) is 2.33. The minimum Gasteiger partial charge on any atom is -0.497 e. The minimum atomic E-state index is -1.26. The molecule has 8 nitrogen and oxygen atoms in total. The van der Waals surface area contributed by atoms with Gasteiger partial charge in [0.1, 0.15) is 11.6 Å². The summed E-state index contributed by atoms with van der Waals surface area (Å²) in [5.41, 5.74) is 2.94. The van der Waals surface area contributed by atoms with Crippen LogP contribution >= 0.6 is 0 Å². The van der Waals surface area contributed by atoms with Crippen LogP contribution in [0.15, 0.2) is 36.5 Å². The molecule has 0 bridgehead atoms. The Morgan fingerprint density at radius 1 is 1.21 bits per heavy atom. The Bertz CT molecular complexity index is 1330. The second-order valence-corrected chi connectivity index (χ2v) is 10.0. The molecule has 0 saturated carbocycles. The maximum Gasteiger partial charge on any atom is 0.249 e. The molecule has 1 atom stereocenters. The van der Waals surface area contributed by atoms with Crippen molar-refractivity contribution in [2.24, 2.45) is 5.41 Å². The highest BCUT2D eigenvalue weighted by Gasteiger charge is 2.41. The Hall–Kier alpha value is -3.41. The fraction of sp³-hybridized carbons (Fsp3) is 0.429. The number of rotatable bonds is 10. The van der Waals surface area contributed by atoms with E-state index in [1.807, 2.05) is 24.0 Å². The van der Waals surface area contributed by atoms with Crippen LogP contribution in [0.25, 0.3) is 10.9 Å². The second kappa shape index (κ2) is 12.2. The molecular weight excluding hydrogens is 513 g/mol. The molecule has 1 fully saturated rings. The summed E-state index contributed by atoms with van der Waals surface area (Å²) in [6.45, 7) is 3.60. The summed E-state index contributed by atoms with van der Waals surface area (Å²) >= 11 is 0. The SMILES string of the molecule is COc1ccc2ncc(C)c(C(O)CCC3(C(=O)NO)CCN(CCNc4cc(F)cc(F)c4F)CC3)c2c1. The molecule has 4 rings (SSSR count). The van der Waals surface area contributed by atoms with Crippen molar-refractivity contribution < 1.29 is 33.0 Å². The van der Waals surface area contributed by atoms with Gasteiger partial charge in [0, 0.05) is 36.8 Å². The van der Waals surface area contributed by atoms with Gasteiger partial charge in [-0.15, -0.1) is 0 Å².